The van der Waals surface area contributed by atoms with Crippen LogP contribution in [0.1, 0.15) is 44.0 Å². The summed E-state index contributed by atoms with van der Waals surface area (Å²) >= 11 is 1.40. The van der Waals surface area contributed by atoms with E-state index < -0.39 is 0 Å². The van der Waals surface area contributed by atoms with Gasteiger partial charge in [-0.1, -0.05) is 11.3 Å². The number of carbonyl (C=O) groups excluding carboxylic acids is 2. The third kappa shape index (κ3) is 3.84. The van der Waals surface area contributed by atoms with Crippen LogP contribution in [0.5, 0.6) is 0 Å². The van der Waals surface area contributed by atoms with E-state index in [1.54, 1.807) is 19.3 Å². The Kier molecular flexibility index (Phi) is 5.08. The van der Waals surface area contributed by atoms with Crippen molar-refractivity contribution in [3.63, 3.8) is 0 Å². The Morgan fingerprint density at radius 3 is 2.76 bits per heavy atom. The molecule has 8 heteroatoms. The summed E-state index contributed by atoms with van der Waals surface area (Å²) in [5.74, 6) is 0.105. The van der Waals surface area contributed by atoms with Gasteiger partial charge in [0.25, 0.3) is 0 Å². The molecule has 1 fully saturated rings. The third-order valence-corrected chi connectivity index (χ3v) is 5.35. The van der Waals surface area contributed by atoms with Crippen molar-refractivity contribution in [3.05, 3.63) is 23.8 Å². The number of hydrogen-bond donors (Lipinski definition) is 1. The molecule has 0 bridgehead atoms. The highest BCUT2D eigenvalue weighted by molar-refractivity contribution is 7.19. The number of aromatic nitrogens is 3. The fourth-order valence-electron chi connectivity index (χ4n) is 3.13. The van der Waals surface area contributed by atoms with Crippen LogP contribution in [0.15, 0.2) is 12.4 Å². The average Bonchev–Trinajstić information content (AvgIpc) is 2.94. The second-order valence-electron chi connectivity index (χ2n) is 6.21. The van der Waals surface area contributed by atoms with Crippen LogP contribution in [-0.2, 0) is 9.59 Å². The van der Waals surface area contributed by atoms with Crippen LogP contribution < -0.4 is 5.32 Å². The maximum atomic E-state index is 11.7. The van der Waals surface area contributed by atoms with E-state index in [0.717, 1.165) is 41.3 Å². The van der Waals surface area contributed by atoms with E-state index in [0.29, 0.717) is 11.7 Å². The molecule has 1 saturated heterocycles. The number of amides is 2. The predicted molar refractivity (Wildman–Crippen MR) is 96.4 cm³/mol. The number of rotatable bonds is 3. The highest BCUT2D eigenvalue weighted by atomic mass is 32.1. The van der Waals surface area contributed by atoms with E-state index in [9.17, 15) is 9.59 Å². The zero-order valence-electron chi connectivity index (χ0n) is 14.6. The number of carbonyl (C=O) groups is 2. The number of thiazole rings is 1. The first-order valence-electron chi connectivity index (χ1n) is 8.27. The van der Waals surface area contributed by atoms with Gasteiger partial charge in [0.15, 0.2) is 5.13 Å². The number of piperidine rings is 1. The molecule has 2 aromatic heterocycles. The lowest BCUT2D eigenvalue weighted by Gasteiger charge is -2.32. The Morgan fingerprint density at radius 1 is 1.28 bits per heavy atom. The standard InChI is InChI=1S/C17H21N5O2S/c1-10-16(25-17(20-10)21-11(2)23)15-14(18-6-7-19-15)13-5-4-8-22(9-13)12(3)24/h6-7,13H,4-5,8-9H2,1-3H3,(H,20,21,23)/t13-/m0/s1. The molecule has 0 radical (unpaired) electrons. The van der Waals surface area contributed by atoms with Gasteiger partial charge in [-0.2, -0.15) is 0 Å². The van der Waals surface area contributed by atoms with E-state index in [2.05, 4.69) is 20.3 Å². The van der Waals surface area contributed by atoms with Gasteiger partial charge >= 0.3 is 0 Å². The van der Waals surface area contributed by atoms with Crippen molar-refractivity contribution < 1.29 is 9.59 Å². The molecule has 3 heterocycles. The van der Waals surface area contributed by atoms with Crippen LogP contribution >= 0.6 is 11.3 Å². The maximum Gasteiger partial charge on any atom is 0.223 e. The molecule has 7 nitrogen and oxygen atoms in total. The van der Waals surface area contributed by atoms with Crippen molar-refractivity contribution >= 4 is 28.3 Å². The number of anilines is 1. The van der Waals surface area contributed by atoms with Crippen molar-refractivity contribution in [2.75, 3.05) is 18.4 Å². The maximum absolute atomic E-state index is 11.7. The monoisotopic (exact) mass is 359 g/mol. The smallest absolute Gasteiger partial charge is 0.223 e. The van der Waals surface area contributed by atoms with Gasteiger partial charge < -0.3 is 10.2 Å². The first-order chi connectivity index (χ1) is 12.0. The Balaban J connectivity index is 1.95. The molecule has 2 aromatic rings. The van der Waals surface area contributed by atoms with Crippen molar-refractivity contribution in [1.82, 2.24) is 19.9 Å². The van der Waals surface area contributed by atoms with E-state index in [1.807, 2.05) is 11.8 Å². The van der Waals surface area contributed by atoms with Crippen LogP contribution in [0.25, 0.3) is 10.6 Å². The molecule has 3 rings (SSSR count). The Labute approximate surface area is 150 Å². The molecule has 0 aliphatic carbocycles. The Morgan fingerprint density at radius 2 is 2.04 bits per heavy atom. The molecule has 1 N–H and O–H groups in total. The van der Waals surface area contributed by atoms with Crippen LogP contribution in [0, 0.1) is 6.92 Å². The summed E-state index contributed by atoms with van der Waals surface area (Å²) in [5.41, 5.74) is 2.51. The zero-order valence-corrected chi connectivity index (χ0v) is 15.4. The lowest BCUT2D eigenvalue weighted by Crippen LogP contribution is -2.38. The molecular formula is C17H21N5O2S. The summed E-state index contributed by atoms with van der Waals surface area (Å²) < 4.78 is 0. The predicted octanol–water partition coefficient (Wildman–Crippen LogP) is 2.59. The lowest BCUT2D eigenvalue weighted by molar-refractivity contribution is -0.130. The molecular weight excluding hydrogens is 338 g/mol. The number of likely N-dealkylation sites (tertiary alicyclic amines) is 1. The van der Waals surface area contributed by atoms with E-state index >= 15 is 0 Å². The largest absolute Gasteiger partial charge is 0.342 e. The van der Waals surface area contributed by atoms with Gasteiger partial charge in [-0.3, -0.25) is 19.6 Å². The molecule has 25 heavy (non-hydrogen) atoms. The average molecular weight is 359 g/mol. The minimum Gasteiger partial charge on any atom is -0.342 e. The van der Waals surface area contributed by atoms with Crippen molar-refractivity contribution in [1.29, 1.82) is 0 Å². The molecule has 0 spiro atoms. The van der Waals surface area contributed by atoms with E-state index in [-0.39, 0.29) is 17.7 Å². The van der Waals surface area contributed by atoms with Crippen LogP contribution in [0.2, 0.25) is 0 Å². The molecule has 1 aliphatic rings. The fraction of sp³-hybridized carbons (Fsp3) is 0.471. The molecule has 0 saturated carbocycles. The number of aryl methyl sites for hydroxylation is 1. The first-order valence-corrected chi connectivity index (χ1v) is 9.09. The number of hydrogen-bond acceptors (Lipinski definition) is 6. The number of nitrogens with one attached hydrogen (secondary N) is 1. The van der Waals surface area contributed by atoms with Crippen molar-refractivity contribution in [2.45, 2.75) is 39.5 Å². The van der Waals surface area contributed by atoms with Crippen molar-refractivity contribution in [2.24, 2.45) is 0 Å². The van der Waals surface area contributed by atoms with Crippen LogP contribution in [0.3, 0.4) is 0 Å². The Bertz CT molecular complexity index is 804. The topological polar surface area (TPSA) is 88.1 Å². The number of nitrogens with zero attached hydrogens (tertiary/aromatic N) is 4. The highest BCUT2D eigenvalue weighted by Crippen LogP contribution is 2.37. The zero-order chi connectivity index (χ0) is 18.0. The van der Waals surface area contributed by atoms with Gasteiger partial charge in [-0.25, -0.2) is 4.98 Å². The quantitative estimate of drug-likeness (QED) is 0.910. The molecule has 0 aromatic carbocycles. The fourth-order valence-corrected chi connectivity index (χ4v) is 4.15. The lowest BCUT2D eigenvalue weighted by atomic mass is 9.92. The molecule has 0 unspecified atom stereocenters. The second kappa shape index (κ2) is 7.26. The normalized spacial score (nSPS) is 17.4. The van der Waals surface area contributed by atoms with E-state index in [1.165, 1.54) is 18.3 Å². The summed E-state index contributed by atoms with van der Waals surface area (Å²) in [6, 6.07) is 0. The summed E-state index contributed by atoms with van der Waals surface area (Å²) in [4.78, 5) is 39.3. The van der Waals surface area contributed by atoms with E-state index in [4.69, 9.17) is 0 Å². The first kappa shape index (κ1) is 17.5. The molecule has 1 aliphatic heterocycles. The summed E-state index contributed by atoms with van der Waals surface area (Å²) in [6.45, 7) is 6.43. The second-order valence-corrected chi connectivity index (χ2v) is 7.21. The summed E-state index contributed by atoms with van der Waals surface area (Å²) in [5, 5.41) is 3.28. The summed E-state index contributed by atoms with van der Waals surface area (Å²) in [7, 11) is 0. The Hall–Kier alpha value is -2.35. The van der Waals surface area contributed by atoms with Gasteiger partial charge in [0.1, 0.15) is 5.69 Å². The third-order valence-electron chi connectivity index (χ3n) is 4.27. The SMILES string of the molecule is CC(=O)Nc1nc(C)c(-c2nccnc2[C@H]2CCCN(C(C)=O)C2)s1. The van der Waals surface area contributed by atoms with Gasteiger partial charge in [0, 0.05) is 45.2 Å². The van der Waals surface area contributed by atoms with Gasteiger partial charge in [-0.15, -0.1) is 0 Å². The molecule has 2 amide bonds. The molecule has 132 valence electrons. The van der Waals surface area contributed by atoms with Gasteiger partial charge in [-0.05, 0) is 19.8 Å². The minimum absolute atomic E-state index is 0.0945. The minimum atomic E-state index is -0.149. The van der Waals surface area contributed by atoms with Gasteiger partial charge in [0.2, 0.25) is 11.8 Å². The highest BCUT2D eigenvalue weighted by Gasteiger charge is 2.27. The van der Waals surface area contributed by atoms with Crippen LogP contribution in [0.4, 0.5) is 5.13 Å². The molecule has 1 atom stereocenters. The summed E-state index contributed by atoms with van der Waals surface area (Å²) in [6.07, 6.45) is 5.29. The van der Waals surface area contributed by atoms with Crippen molar-refractivity contribution in [3.8, 4) is 10.6 Å². The van der Waals surface area contributed by atoms with Gasteiger partial charge in [0.05, 0.1) is 16.3 Å². The van der Waals surface area contributed by atoms with Crippen LogP contribution in [-0.4, -0.2) is 44.8 Å².